The molecule has 26 heavy (non-hydrogen) atoms. The first-order chi connectivity index (χ1) is 12.7. The third-order valence-corrected chi connectivity index (χ3v) is 3.84. The topological polar surface area (TPSA) is 102 Å². The average molecular weight is 340 g/mol. The van der Waals surface area contributed by atoms with Gasteiger partial charge in [-0.25, -0.2) is 19.3 Å². The molecule has 2 aromatic carbocycles. The number of fused-ring (bicyclic) bond motifs is 1. The SMILES string of the molecule is N#Cc1nc(-c2ccc(F)cc2)c(-c2nc3ccccc3[nH]2)nc1C#N. The third-order valence-electron chi connectivity index (χ3n) is 3.84. The maximum Gasteiger partial charge on any atom is 0.177 e. The van der Waals surface area contributed by atoms with Crippen molar-refractivity contribution in [2.24, 2.45) is 0 Å². The first-order valence-corrected chi connectivity index (χ1v) is 7.63. The molecule has 4 aromatic rings. The lowest BCUT2D eigenvalue weighted by Crippen LogP contribution is -2.02. The molecule has 0 bridgehead atoms. The van der Waals surface area contributed by atoms with Crippen molar-refractivity contribution in [1.82, 2.24) is 19.9 Å². The number of aromatic nitrogens is 4. The molecule has 0 unspecified atom stereocenters. The molecule has 7 heteroatoms. The van der Waals surface area contributed by atoms with Crippen molar-refractivity contribution in [2.45, 2.75) is 0 Å². The van der Waals surface area contributed by atoms with Gasteiger partial charge in [-0.05, 0) is 36.4 Å². The van der Waals surface area contributed by atoms with E-state index in [1.165, 1.54) is 12.1 Å². The van der Waals surface area contributed by atoms with E-state index in [1.54, 1.807) is 12.1 Å². The third kappa shape index (κ3) is 2.54. The number of nitrogens with one attached hydrogen (secondary N) is 1. The largest absolute Gasteiger partial charge is 0.337 e. The van der Waals surface area contributed by atoms with Gasteiger partial charge in [0.05, 0.1) is 11.0 Å². The van der Waals surface area contributed by atoms with Crippen LogP contribution in [-0.4, -0.2) is 19.9 Å². The van der Waals surface area contributed by atoms with Crippen LogP contribution in [0.3, 0.4) is 0 Å². The zero-order valence-corrected chi connectivity index (χ0v) is 13.2. The molecule has 2 aromatic heterocycles. The molecular formula is C19H9FN6. The van der Waals surface area contributed by atoms with Gasteiger partial charge in [-0.15, -0.1) is 0 Å². The summed E-state index contributed by atoms with van der Waals surface area (Å²) in [6, 6.07) is 16.9. The molecular weight excluding hydrogens is 331 g/mol. The molecule has 0 amide bonds. The van der Waals surface area contributed by atoms with E-state index in [9.17, 15) is 14.9 Å². The van der Waals surface area contributed by atoms with Crippen LogP contribution in [0, 0.1) is 28.5 Å². The number of hydrogen-bond donors (Lipinski definition) is 1. The normalized spacial score (nSPS) is 10.4. The molecule has 0 radical (unpaired) electrons. The summed E-state index contributed by atoms with van der Waals surface area (Å²) in [6.45, 7) is 0. The van der Waals surface area contributed by atoms with Gasteiger partial charge >= 0.3 is 0 Å². The van der Waals surface area contributed by atoms with Crippen LogP contribution in [0.2, 0.25) is 0 Å². The molecule has 6 nitrogen and oxygen atoms in total. The highest BCUT2D eigenvalue weighted by Crippen LogP contribution is 2.29. The van der Waals surface area contributed by atoms with Crippen molar-refractivity contribution in [3.05, 3.63) is 65.7 Å². The highest BCUT2D eigenvalue weighted by Gasteiger charge is 2.19. The van der Waals surface area contributed by atoms with Crippen molar-refractivity contribution < 1.29 is 4.39 Å². The molecule has 0 saturated carbocycles. The fourth-order valence-corrected chi connectivity index (χ4v) is 2.63. The minimum absolute atomic E-state index is 0.0891. The van der Waals surface area contributed by atoms with Crippen LogP contribution in [0.15, 0.2) is 48.5 Å². The van der Waals surface area contributed by atoms with Crippen molar-refractivity contribution in [3.8, 4) is 34.9 Å². The summed E-state index contributed by atoms with van der Waals surface area (Å²) in [5, 5.41) is 18.5. The van der Waals surface area contributed by atoms with Crippen LogP contribution in [-0.2, 0) is 0 Å². The lowest BCUT2D eigenvalue weighted by Gasteiger charge is -2.07. The minimum atomic E-state index is -0.388. The van der Waals surface area contributed by atoms with Crippen LogP contribution in [0.5, 0.6) is 0 Å². The number of aromatic amines is 1. The number of halogens is 1. The van der Waals surface area contributed by atoms with Gasteiger partial charge in [-0.2, -0.15) is 10.5 Å². The summed E-state index contributed by atoms with van der Waals surface area (Å²) < 4.78 is 13.3. The van der Waals surface area contributed by atoms with Crippen molar-refractivity contribution in [2.75, 3.05) is 0 Å². The van der Waals surface area contributed by atoms with E-state index in [2.05, 4.69) is 19.9 Å². The Kier molecular flexibility index (Phi) is 3.61. The second-order valence-electron chi connectivity index (χ2n) is 5.45. The van der Waals surface area contributed by atoms with E-state index in [0.717, 1.165) is 11.0 Å². The van der Waals surface area contributed by atoms with Gasteiger partial charge < -0.3 is 4.98 Å². The van der Waals surface area contributed by atoms with Gasteiger partial charge in [0.15, 0.2) is 17.2 Å². The summed E-state index contributed by atoms with van der Waals surface area (Å²) in [6.07, 6.45) is 0. The molecule has 1 N–H and O–H groups in total. The van der Waals surface area contributed by atoms with E-state index in [0.29, 0.717) is 22.8 Å². The first-order valence-electron chi connectivity index (χ1n) is 7.63. The fraction of sp³-hybridized carbons (Fsp3) is 0. The fourth-order valence-electron chi connectivity index (χ4n) is 2.63. The molecule has 0 aliphatic rings. The number of rotatable bonds is 2. The summed E-state index contributed by atoms with van der Waals surface area (Å²) in [7, 11) is 0. The number of para-hydroxylation sites is 2. The van der Waals surface area contributed by atoms with Crippen molar-refractivity contribution in [3.63, 3.8) is 0 Å². The molecule has 4 rings (SSSR count). The molecule has 0 aliphatic heterocycles. The average Bonchev–Trinajstić information content (AvgIpc) is 3.11. The van der Waals surface area contributed by atoms with E-state index >= 15 is 0 Å². The molecule has 0 fully saturated rings. The Bertz CT molecular complexity index is 1180. The lowest BCUT2D eigenvalue weighted by molar-refractivity contribution is 0.628. The summed E-state index contributed by atoms with van der Waals surface area (Å²) in [5.74, 6) is 0.0279. The standard InChI is InChI=1S/C19H9FN6/c20-12-7-5-11(6-8-12)17-18(24-16(10-22)15(9-21)23-17)19-25-13-3-1-2-4-14(13)26-19/h1-8H,(H,25,26). The maximum absolute atomic E-state index is 13.3. The van der Waals surface area contributed by atoms with Gasteiger partial charge in [-0.1, -0.05) is 12.1 Å². The molecule has 0 atom stereocenters. The highest BCUT2D eigenvalue weighted by atomic mass is 19.1. The van der Waals surface area contributed by atoms with Crippen molar-refractivity contribution >= 4 is 11.0 Å². The van der Waals surface area contributed by atoms with Crippen LogP contribution >= 0.6 is 0 Å². The van der Waals surface area contributed by atoms with Gasteiger partial charge in [0, 0.05) is 5.56 Å². The quantitative estimate of drug-likeness (QED) is 0.601. The van der Waals surface area contributed by atoms with Gasteiger partial charge in [0.1, 0.15) is 29.3 Å². The second kappa shape index (κ2) is 6.08. The highest BCUT2D eigenvalue weighted by molar-refractivity contribution is 5.83. The van der Waals surface area contributed by atoms with Crippen LogP contribution in [0.1, 0.15) is 11.4 Å². The smallest absolute Gasteiger partial charge is 0.177 e. The first kappa shape index (κ1) is 15.4. The Morgan fingerprint density at radius 3 is 2.12 bits per heavy atom. The van der Waals surface area contributed by atoms with E-state index < -0.39 is 0 Å². The number of imidazole rings is 1. The van der Waals surface area contributed by atoms with Gasteiger partial charge in [-0.3, -0.25) is 0 Å². The molecule has 122 valence electrons. The lowest BCUT2D eigenvalue weighted by atomic mass is 10.1. The Hall–Kier alpha value is -4.10. The predicted molar refractivity (Wildman–Crippen MR) is 91.9 cm³/mol. The summed E-state index contributed by atoms with van der Waals surface area (Å²) in [5.41, 5.74) is 2.59. The number of H-pyrrole nitrogens is 1. The Balaban J connectivity index is 2.01. The van der Waals surface area contributed by atoms with E-state index in [4.69, 9.17) is 0 Å². The number of nitriles is 2. The monoisotopic (exact) mass is 340 g/mol. The summed E-state index contributed by atoms with van der Waals surface area (Å²) in [4.78, 5) is 16.2. The van der Waals surface area contributed by atoms with Crippen molar-refractivity contribution in [1.29, 1.82) is 10.5 Å². The Morgan fingerprint density at radius 1 is 0.808 bits per heavy atom. The Labute approximate surface area is 147 Å². The number of nitrogens with zero attached hydrogens (tertiary/aromatic N) is 5. The van der Waals surface area contributed by atoms with Crippen LogP contribution in [0.25, 0.3) is 33.8 Å². The van der Waals surface area contributed by atoms with E-state index in [1.807, 2.05) is 36.4 Å². The molecule has 0 spiro atoms. The number of benzene rings is 2. The molecule has 2 heterocycles. The summed E-state index contributed by atoms with van der Waals surface area (Å²) >= 11 is 0. The second-order valence-corrected chi connectivity index (χ2v) is 5.45. The number of hydrogen-bond acceptors (Lipinski definition) is 5. The maximum atomic E-state index is 13.3. The predicted octanol–water partition coefficient (Wildman–Crippen LogP) is 3.57. The molecule has 0 aliphatic carbocycles. The van der Waals surface area contributed by atoms with Gasteiger partial charge in [0.2, 0.25) is 0 Å². The zero-order chi connectivity index (χ0) is 18.1. The molecule has 0 saturated heterocycles. The Morgan fingerprint density at radius 2 is 1.46 bits per heavy atom. The van der Waals surface area contributed by atoms with E-state index in [-0.39, 0.29) is 17.2 Å². The zero-order valence-electron chi connectivity index (χ0n) is 13.2. The van der Waals surface area contributed by atoms with Gasteiger partial charge in [0.25, 0.3) is 0 Å². The van der Waals surface area contributed by atoms with Crippen LogP contribution in [0.4, 0.5) is 4.39 Å². The van der Waals surface area contributed by atoms with Crippen LogP contribution < -0.4 is 0 Å². The minimum Gasteiger partial charge on any atom is -0.337 e.